The number of phenolic OH excluding ortho intramolecular Hbond substituents is 1. The van der Waals surface area contributed by atoms with Gasteiger partial charge in [0.2, 0.25) is 5.91 Å². The van der Waals surface area contributed by atoms with Crippen LogP contribution in [0.15, 0.2) is 60.2 Å². The monoisotopic (exact) mass is 435 g/mol. The third-order valence-electron chi connectivity index (χ3n) is 8.11. The molecule has 3 aliphatic rings. The predicted octanol–water partition coefficient (Wildman–Crippen LogP) is 4.79. The quantitative estimate of drug-likeness (QED) is 0.585. The van der Waals surface area contributed by atoms with Gasteiger partial charge in [-0.15, -0.1) is 0 Å². The minimum atomic E-state index is -0.916. The topological polar surface area (TPSA) is 69.6 Å². The van der Waals surface area contributed by atoms with E-state index in [4.69, 9.17) is 0 Å². The molecule has 1 aliphatic heterocycles. The van der Waals surface area contributed by atoms with Crippen LogP contribution in [-0.2, 0) is 11.2 Å². The average Bonchev–Trinajstić information content (AvgIpc) is 3.03. The third kappa shape index (κ3) is 3.94. The van der Waals surface area contributed by atoms with Gasteiger partial charge in [0.15, 0.2) is 0 Å². The summed E-state index contributed by atoms with van der Waals surface area (Å²) in [6, 6.07) is 7.13. The second-order valence-electron chi connectivity index (χ2n) is 10.4. The number of phenols is 1. The molecule has 4 nitrogen and oxygen atoms in total. The van der Waals surface area contributed by atoms with Crippen LogP contribution >= 0.6 is 0 Å². The van der Waals surface area contributed by atoms with Crippen LogP contribution in [0, 0.1) is 35.0 Å². The fourth-order valence-corrected chi connectivity index (χ4v) is 6.39. The van der Waals surface area contributed by atoms with Crippen molar-refractivity contribution < 1.29 is 15.0 Å². The highest BCUT2D eigenvalue weighted by molar-refractivity contribution is 5.88. The van der Waals surface area contributed by atoms with E-state index >= 15 is 0 Å². The van der Waals surface area contributed by atoms with Gasteiger partial charge < -0.3 is 15.5 Å². The first-order valence-electron chi connectivity index (χ1n) is 12.0. The summed E-state index contributed by atoms with van der Waals surface area (Å²) in [5.74, 6) is 1.10. The number of carbonyl (C=O) groups excluding carboxylic acids is 1. The molecular weight excluding hydrogens is 398 g/mol. The summed E-state index contributed by atoms with van der Waals surface area (Å²) in [7, 11) is 0. The second-order valence-corrected chi connectivity index (χ2v) is 10.4. The maximum Gasteiger partial charge on any atom is 0.230 e. The van der Waals surface area contributed by atoms with Crippen molar-refractivity contribution in [1.82, 2.24) is 5.32 Å². The van der Waals surface area contributed by atoms with E-state index in [2.05, 4.69) is 57.3 Å². The number of rotatable bonds is 2. The Morgan fingerprint density at radius 2 is 1.81 bits per heavy atom. The van der Waals surface area contributed by atoms with Crippen molar-refractivity contribution >= 4 is 5.91 Å². The molecule has 1 saturated heterocycles. The van der Waals surface area contributed by atoms with Crippen molar-refractivity contribution in [3.8, 4) is 5.75 Å². The summed E-state index contributed by atoms with van der Waals surface area (Å²) in [6.45, 7) is 8.79. The minimum absolute atomic E-state index is 0.0309. The Hall–Kier alpha value is -2.33. The molecule has 0 bridgehead atoms. The molecular formula is C28H37NO3. The van der Waals surface area contributed by atoms with E-state index in [1.54, 1.807) is 12.1 Å². The number of benzene rings is 1. The van der Waals surface area contributed by atoms with Crippen LogP contribution in [0.2, 0.25) is 0 Å². The van der Waals surface area contributed by atoms with Gasteiger partial charge in [-0.25, -0.2) is 0 Å². The van der Waals surface area contributed by atoms with Gasteiger partial charge in [-0.05, 0) is 61.6 Å². The first kappa shape index (κ1) is 22.8. The van der Waals surface area contributed by atoms with E-state index in [0.29, 0.717) is 18.3 Å². The summed E-state index contributed by atoms with van der Waals surface area (Å²) in [6.07, 6.45) is 12.5. The van der Waals surface area contributed by atoms with Crippen LogP contribution in [-0.4, -0.2) is 28.3 Å². The lowest BCUT2D eigenvalue weighted by Gasteiger charge is -2.47. The summed E-state index contributed by atoms with van der Waals surface area (Å²) < 4.78 is 0. The fourth-order valence-electron chi connectivity index (χ4n) is 6.39. The first-order chi connectivity index (χ1) is 15.2. The number of nitrogens with one attached hydrogen (secondary N) is 1. The summed E-state index contributed by atoms with van der Waals surface area (Å²) in [5, 5.41) is 24.6. The number of hydrogen-bond acceptors (Lipinski definition) is 3. The molecule has 0 radical (unpaired) electrons. The molecule has 0 saturated carbocycles. The molecule has 2 aliphatic carbocycles. The molecule has 3 N–H and O–H groups in total. The molecule has 0 unspecified atom stereocenters. The van der Waals surface area contributed by atoms with E-state index in [9.17, 15) is 15.0 Å². The predicted molar refractivity (Wildman–Crippen MR) is 128 cm³/mol. The van der Waals surface area contributed by atoms with Gasteiger partial charge in [0.1, 0.15) is 5.75 Å². The Bertz CT molecular complexity index is 931. The summed E-state index contributed by atoms with van der Waals surface area (Å²) in [4.78, 5) is 13.8. The van der Waals surface area contributed by atoms with E-state index in [1.807, 2.05) is 18.2 Å². The molecule has 1 fully saturated rings. The summed E-state index contributed by atoms with van der Waals surface area (Å²) in [5.41, 5.74) is 1.43. The van der Waals surface area contributed by atoms with Gasteiger partial charge in [-0.3, -0.25) is 4.79 Å². The highest BCUT2D eigenvalue weighted by Crippen LogP contribution is 2.56. The molecule has 1 spiro atoms. The van der Waals surface area contributed by atoms with Crippen LogP contribution in [0.25, 0.3) is 0 Å². The standard InChI is InChI=1S/C28H37NO3/c1-17-6-5-7-22-15-19(3)20(4)26-24(16-21-9-11-23(30)12-10-21)29-27(32)28(22,26)25(31)13-8-18(2)14-17/h5,7-13,15,17-18,20,22,24-26,30-31H,6,14,16H2,1-4H3,(H,29,32)/b7-5+,13-8+/t17-,18+,20+,22-,24-,25+,26-,28+/m1/s1. The third-order valence-corrected chi connectivity index (χ3v) is 8.11. The van der Waals surface area contributed by atoms with Gasteiger partial charge in [0.05, 0.1) is 11.5 Å². The van der Waals surface area contributed by atoms with Crippen LogP contribution in [0.5, 0.6) is 5.75 Å². The average molecular weight is 436 g/mol. The van der Waals surface area contributed by atoms with Crippen LogP contribution in [0.3, 0.4) is 0 Å². The van der Waals surface area contributed by atoms with Crippen molar-refractivity contribution in [2.24, 2.45) is 35.0 Å². The zero-order valence-corrected chi connectivity index (χ0v) is 19.7. The lowest BCUT2D eigenvalue weighted by atomic mass is 9.54. The lowest BCUT2D eigenvalue weighted by molar-refractivity contribution is -0.138. The van der Waals surface area contributed by atoms with Crippen molar-refractivity contribution in [1.29, 1.82) is 0 Å². The molecule has 1 amide bonds. The van der Waals surface area contributed by atoms with E-state index in [-0.39, 0.29) is 35.5 Å². The van der Waals surface area contributed by atoms with Gasteiger partial charge in [0, 0.05) is 17.9 Å². The lowest BCUT2D eigenvalue weighted by Crippen LogP contribution is -2.53. The molecule has 1 heterocycles. The van der Waals surface area contributed by atoms with Gasteiger partial charge in [0.25, 0.3) is 0 Å². The number of amides is 1. The van der Waals surface area contributed by atoms with Gasteiger partial charge >= 0.3 is 0 Å². The normalized spacial score (nSPS) is 41.5. The minimum Gasteiger partial charge on any atom is -0.508 e. The number of carbonyl (C=O) groups is 1. The van der Waals surface area contributed by atoms with Gasteiger partial charge in [-0.1, -0.05) is 68.9 Å². The summed E-state index contributed by atoms with van der Waals surface area (Å²) >= 11 is 0. The molecule has 0 aromatic heterocycles. The largest absolute Gasteiger partial charge is 0.508 e. The molecule has 4 heteroatoms. The second kappa shape index (κ2) is 8.90. The Morgan fingerprint density at radius 1 is 1.09 bits per heavy atom. The molecule has 4 rings (SSSR count). The van der Waals surface area contributed by atoms with E-state index in [0.717, 1.165) is 18.4 Å². The Labute approximate surface area is 192 Å². The smallest absolute Gasteiger partial charge is 0.230 e. The fraction of sp³-hybridized carbons (Fsp3) is 0.536. The number of allylic oxidation sites excluding steroid dienone is 5. The number of aromatic hydroxyl groups is 1. The SMILES string of the molecule is CC1=C[C@H]2/C=C/C[C@@H](C)C[C@@H](C)/C=C/[C@H](O)[C@@]23C(=O)N[C@H](Cc2ccc(O)cc2)[C@H]3[C@H]1C. The van der Waals surface area contributed by atoms with Crippen molar-refractivity contribution in [2.75, 3.05) is 0 Å². The van der Waals surface area contributed by atoms with Crippen LogP contribution in [0.1, 0.15) is 46.1 Å². The maximum atomic E-state index is 13.8. The molecule has 172 valence electrons. The highest BCUT2D eigenvalue weighted by atomic mass is 16.3. The number of aliphatic hydroxyl groups excluding tert-OH is 1. The number of aliphatic hydroxyl groups is 1. The van der Waals surface area contributed by atoms with E-state index < -0.39 is 11.5 Å². The Kier molecular flexibility index (Phi) is 6.35. The molecule has 32 heavy (non-hydrogen) atoms. The Balaban J connectivity index is 1.79. The zero-order chi connectivity index (χ0) is 23.0. The highest BCUT2D eigenvalue weighted by Gasteiger charge is 2.64. The van der Waals surface area contributed by atoms with Gasteiger partial charge in [-0.2, -0.15) is 0 Å². The van der Waals surface area contributed by atoms with Crippen LogP contribution < -0.4 is 5.32 Å². The Morgan fingerprint density at radius 3 is 2.53 bits per heavy atom. The van der Waals surface area contributed by atoms with Crippen LogP contribution in [0.4, 0.5) is 0 Å². The molecule has 1 aromatic carbocycles. The zero-order valence-electron chi connectivity index (χ0n) is 19.7. The first-order valence-corrected chi connectivity index (χ1v) is 12.0. The van der Waals surface area contributed by atoms with E-state index in [1.165, 1.54) is 5.57 Å². The van der Waals surface area contributed by atoms with Crippen molar-refractivity contribution in [3.63, 3.8) is 0 Å². The number of hydrogen-bond donors (Lipinski definition) is 3. The van der Waals surface area contributed by atoms with Crippen molar-refractivity contribution in [2.45, 2.75) is 59.1 Å². The van der Waals surface area contributed by atoms with Crippen molar-refractivity contribution in [3.05, 3.63) is 65.8 Å². The molecule has 1 aromatic rings. The maximum absolute atomic E-state index is 13.8. The molecule has 8 atom stereocenters.